The molecule has 0 saturated heterocycles. The van der Waals surface area contributed by atoms with E-state index in [-0.39, 0.29) is 12.7 Å². The van der Waals surface area contributed by atoms with Crippen LogP contribution in [0.3, 0.4) is 0 Å². The summed E-state index contributed by atoms with van der Waals surface area (Å²) >= 11 is 0. The molecular weight excluding hydrogens is 258 g/mol. The number of anilines is 1. The van der Waals surface area contributed by atoms with Crippen LogP contribution in [-0.2, 0) is 13.1 Å². The van der Waals surface area contributed by atoms with Crippen LogP contribution in [0.5, 0.6) is 5.88 Å². The molecule has 0 aliphatic rings. The van der Waals surface area contributed by atoms with Crippen molar-refractivity contribution < 1.29 is 9.84 Å². The van der Waals surface area contributed by atoms with Gasteiger partial charge in [-0.15, -0.1) is 5.10 Å². The first-order valence-corrected chi connectivity index (χ1v) is 6.54. The zero-order chi connectivity index (χ0) is 14.4. The maximum Gasteiger partial charge on any atom is 0.237 e. The highest BCUT2D eigenvalue weighted by Crippen LogP contribution is 2.22. The van der Waals surface area contributed by atoms with E-state index in [0.717, 1.165) is 11.4 Å². The normalized spacial score (nSPS) is 10.8. The lowest BCUT2D eigenvalue weighted by molar-refractivity contribution is 0.234. The number of aromatic nitrogens is 4. The number of nitrogens with one attached hydrogen (secondary N) is 1. The van der Waals surface area contributed by atoms with Crippen LogP contribution in [-0.4, -0.2) is 37.8 Å². The lowest BCUT2D eigenvalue weighted by Gasteiger charge is -2.13. The van der Waals surface area contributed by atoms with Crippen molar-refractivity contribution in [2.75, 3.05) is 11.9 Å². The minimum absolute atomic E-state index is 0.0468. The Morgan fingerprint density at radius 3 is 3.05 bits per heavy atom. The third kappa shape index (κ3) is 3.92. The molecule has 0 atom stereocenters. The van der Waals surface area contributed by atoms with Gasteiger partial charge in [-0.25, -0.2) is 9.67 Å². The van der Waals surface area contributed by atoms with Gasteiger partial charge >= 0.3 is 0 Å². The van der Waals surface area contributed by atoms with Gasteiger partial charge in [-0.05, 0) is 26.0 Å². The van der Waals surface area contributed by atoms with Crippen LogP contribution in [0.25, 0.3) is 0 Å². The summed E-state index contributed by atoms with van der Waals surface area (Å²) in [4.78, 5) is 4.21. The van der Waals surface area contributed by atoms with Crippen LogP contribution in [0.4, 0.5) is 5.69 Å². The summed E-state index contributed by atoms with van der Waals surface area (Å²) in [6, 6.07) is 3.75. The Morgan fingerprint density at radius 2 is 2.30 bits per heavy atom. The fourth-order valence-electron chi connectivity index (χ4n) is 1.66. The summed E-state index contributed by atoms with van der Waals surface area (Å²) in [5, 5.41) is 20.0. The van der Waals surface area contributed by atoms with Crippen molar-refractivity contribution in [2.45, 2.75) is 33.0 Å². The van der Waals surface area contributed by atoms with E-state index >= 15 is 0 Å². The third-order valence-electron chi connectivity index (χ3n) is 2.49. The molecule has 0 unspecified atom stereocenters. The van der Waals surface area contributed by atoms with Gasteiger partial charge in [-0.3, -0.25) is 0 Å². The highest BCUT2D eigenvalue weighted by Gasteiger charge is 2.07. The fraction of sp³-hybridized carbons (Fsp3) is 0.462. The lowest BCUT2D eigenvalue weighted by atomic mass is 10.3. The maximum absolute atomic E-state index is 8.83. The summed E-state index contributed by atoms with van der Waals surface area (Å²) in [6.07, 6.45) is 3.55. The van der Waals surface area contributed by atoms with Gasteiger partial charge in [0.1, 0.15) is 5.69 Å². The van der Waals surface area contributed by atoms with Crippen LogP contribution in [0, 0.1) is 0 Å². The molecule has 0 fully saturated rings. The summed E-state index contributed by atoms with van der Waals surface area (Å²) in [5.74, 6) is 0.574. The second kappa shape index (κ2) is 6.85. The molecule has 2 rings (SSSR count). The van der Waals surface area contributed by atoms with Crippen LogP contribution in [0.1, 0.15) is 19.5 Å². The molecule has 0 aliphatic heterocycles. The third-order valence-corrected chi connectivity index (χ3v) is 2.49. The van der Waals surface area contributed by atoms with Crippen molar-refractivity contribution in [3.63, 3.8) is 0 Å². The molecule has 0 aliphatic carbocycles. The Labute approximate surface area is 117 Å². The molecule has 2 aromatic heterocycles. The highest BCUT2D eigenvalue weighted by molar-refractivity contribution is 5.52. The Kier molecular flexibility index (Phi) is 4.89. The summed E-state index contributed by atoms with van der Waals surface area (Å²) < 4.78 is 7.23. The smallest absolute Gasteiger partial charge is 0.237 e. The SMILES string of the molecule is CC(C)Oc1ncccc1NCc1cn(CCO)nn1. The maximum atomic E-state index is 8.83. The van der Waals surface area contributed by atoms with E-state index in [4.69, 9.17) is 9.84 Å². The number of hydrogen-bond acceptors (Lipinski definition) is 6. The first kappa shape index (κ1) is 14.3. The van der Waals surface area contributed by atoms with E-state index in [2.05, 4.69) is 20.6 Å². The number of ether oxygens (including phenoxy) is 1. The quantitative estimate of drug-likeness (QED) is 0.787. The summed E-state index contributed by atoms with van der Waals surface area (Å²) in [6.45, 7) is 4.93. The van der Waals surface area contributed by atoms with E-state index < -0.39 is 0 Å². The standard InChI is InChI=1S/C13H19N5O2/c1-10(2)20-13-12(4-3-5-14-13)15-8-11-9-18(6-7-19)17-16-11/h3-5,9-10,15,19H,6-8H2,1-2H3. The summed E-state index contributed by atoms with van der Waals surface area (Å²) in [5.41, 5.74) is 1.61. The molecule has 0 spiro atoms. The van der Waals surface area contributed by atoms with E-state index in [1.54, 1.807) is 17.1 Å². The van der Waals surface area contributed by atoms with Crippen molar-refractivity contribution in [3.8, 4) is 5.88 Å². The van der Waals surface area contributed by atoms with Gasteiger partial charge in [0, 0.05) is 6.20 Å². The molecule has 7 heteroatoms. The molecule has 0 bridgehead atoms. The molecule has 0 aromatic carbocycles. The van der Waals surface area contributed by atoms with Gasteiger partial charge in [0.2, 0.25) is 5.88 Å². The number of nitrogens with zero attached hydrogens (tertiary/aromatic N) is 4. The Balaban J connectivity index is 1.99. The van der Waals surface area contributed by atoms with Gasteiger partial charge in [0.15, 0.2) is 0 Å². The molecular formula is C13H19N5O2. The molecule has 2 aromatic rings. The zero-order valence-electron chi connectivity index (χ0n) is 11.7. The number of pyridine rings is 1. The monoisotopic (exact) mass is 277 g/mol. The minimum Gasteiger partial charge on any atom is -0.473 e. The molecule has 2 heterocycles. The van der Waals surface area contributed by atoms with Crippen LogP contribution in [0.2, 0.25) is 0 Å². The van der Waals surface area contributed by atoms with Gasteiger partial charge in [0.05, 0.1) is 37.7 Å². The number of aliphatic hydroxyl groups excluding tert-OH is 1. The van der Waals surface area contributed by atoms with Crippen LogP contribution >= 0.6 is 0 Å². The van der Waals surface area contributed by atoms with Crippen molar-refractivity contribution >= 4 is 5.69 Å². The largest absolute Gasteiger partial charge is 0.473 e. The Morgan fingerprint density at radius 1 is 1.45 bits per heavy atom. The first-order valence-electron chi connectivity index (χ1n) is 6.54. The Hall–Kier alpha value is -2.15. The molecule has 108 valence electrons. The molecule has 7 nitrogen and oxygen atoms in total. The van der Waals surface area contributed by atoms with E-state index in [1.165, 1.54) is 0 Å². The summed E-state index contributed by atoms with van der Waals surface area (Å²) in [7, 11) is 0. The predicted octanol–water partition coefficient (Wildman–Crippen LogP) is 1.06. The van der Waals surface area contributed by atoms with Crippen molar-refractivity contribution in [2.24, 2.45) is 0 Å². The van der Waals surface area contributed by atoms with E-state index in [1.807, 2.05) is 26.0 Å². The molecule has 2 N–H and O–H groups in total. The Bertz CT molecular complexity index is 541. The number of rotatable bonds is 7. The van der Waals surface area contributed by atoms with Gasteiger partial charge in [-0.2, -0.15) is 0 Å². The second-order valence-corrected chi connectivity index (χ2v) is 4.57. The topological polar surface area (TPSA) is 85.1 Å². The van der Waals surface area contributed by atoms with Crippen molar-refractivity contribution in [1.82, 2.24) is 20.0 Å². The molecule has 0 radical (unpaired) electrons. The molecule has 0 saturated carbocycles. The number of hydrogen-bond donors (Lipinski definition) is 2. The molecule has 20 heavy (non-hydrogen) atoms. The van der Waals surface area contributed by atoms with Crippen molar-refractivity contribution in [1.29, 1.82) is 0 Å². The zero-order valence-corrected chi connectivity index (χ0v) is 11.7. The van der Waals surface area contributed by atoms with Gasteiger partial charge < -0.3 is 15.2 Å². The van der Waals surface area contributed by atoms with E-state index in [9.17, 15) is 0 Å². The first-order chi connectivity index (χ1) is 9.69. The fourth-order valence-corrected chi connectivity index (χ4v) is 1.66. The average molecular weight is 277 g/mol. The molecule has 0 amide bonds. The van der Waals surface area contributed by atoms with Gasteiger partial charge in [0.25, 0.3) is 0 Å². The predicted molar refractivity (Wildman–Crippen MR) is 74.4 cm³/mol. The average Bonchev–Trinajstić information content (AvgIpc) is 2.85. The number of aliphatic hydroxyl groups is 1. The van der Waals surface area contributed by atoms with Crippen LogP contribution in [0.15, 0.2) is 24.5 Å². The minimum atomic E-state index is 0.0468. The highest BCUT2D eigenvalue weighted by atomic mass is 16.5. The van der Waals surface area contributed by atoms with E-state index in [0.29, 0.717) is 19.0 Å². The van der Waals surface area contributed by atoms with Crippen molar-refractivity contribution in [3.05, 3.63) is 30.2 Å². The lowest BCUT2D eigenvalue weighted by Crippen LogP contribution is -2.10. The van der Waals surface area contributed by atoms with Gasteiger partial charge in [-0.1, -0.05) is 5.21 Å². The second-order valence-electron chi connectivity index (χ2n) is 4.57. The van der Waals surface area contributed by atoms with Crippen LogP contribution < -0.4 is 10.1 Å².